The Kier molecular flexibility index (Phi) is 4.85. The summed E-state index contributed by atoms with van der Waals surface area (Å²) in [5, 5.41) is 12.3. The molecule has 0 unspecified atom stereocenters. The Balaban J connectivity index is 1.60. The highest BCUT2D eigenvalue weighted by Gasteiger charge is 2.35. The van der Waals surface area contributed by atoms with Crippen molar-refractivity contribution in [3.8, 4) is 11.3 Å². The number of carbonyl (C=O) groups is 1. The second-order valence-corrected chi connectivity index (χ2v) is 8.10. The minimum Gasteiger partial charge on any atom is -0.457 e. The number of benzene rings is 1. The Morgan fingerprint density at radius 2 is 1.72 bits per heavy atom. The monoisotopic (exact) mass is 425 g/mol. The number of amides is 1. The molecule has 1 aromatic carbocycles. The summed E-state index contributed by atoms with van der Waals surface area (Å²) in [6.45, 7) is 3.83. The van der Waals surface area contributed by atoms with E-state index in [-0.39, 0.29) is 11.6 Å². The van der Waals surface area contributed by atoms with Crippen molar-refractivity contribution < 1.29 is 14.1 Å². The molecule has 2 aromatic heterocycles. The van der Waals surface area contributed by atoms with Gasteiger partial charge in [0.25, 0.3) is 11.6 Å². The van der Waals surface area contributed by atoms with E-state index in [9.17, 15) is 14.9 Å². The maximum absolute atomic E-state index is 12.9. The van der Waals surface area contributed by atoms with Crippen LogP contribution >= 0.6 is 24.0 Å². The fourth-order valence-electron chi connectivity index (χ4n) is 3.07. The third kappa shape index (κ3) is 3.50. The summed E-state index contributed by atoms with van der Waals surface area (Å²) >= 11 is 6.63. The lowest BCUT2D eigenvalue weighted by Crippen LogP contribution is -2.39. The van der Waals surface area contributed by atoms with Crippen molar-refractivity contribution in [3.63, 3.8) is 0 Å². The van der Waals surface area contributed by atoms with E-state index in [1.54, 1.807) is 35.0 Å². The van der Waals surface area contributed by atoms with Gasteiger partial charge in [0.2, 0.25) is 0 Å². The van der Waals surface area contributed by atoms with Crippen molar-refractivity contribution in [2.75, 3.05) is 5.01 Å². The van der Waals surface area contributed by atoms with Crippen molar-refractivity contribution in [1.82, 2.24) is 4.68 Å². The van der Waals surface area contributed by atoms with Gasteiger partial charge in [0.15, 0.2) is 4.32 Å². The number of furan rings is 1. The van der Waals surface area contributed by atoms with Crippen molar-refractivity contribution in [1.29, 1.82) is 0 Å². The van der Waals surface area contributed by atoms with Gasteiger partial charge >= 0.3 is 0 Å². The highest BCUT2D eigenvalue weighted by atomic mass is 32.2. The molecule has 0 saturated carbocycles. The van der Waals surface area contributed by atoms with Gasteiger partial charge in [-0.2, -0.15) is 5.01 Å². The molecular weight excluding hydrogens is 410 g/mol. The van der Waals surface area contributed by atoms with Crippen LogP contribution in [0.25, 0.3) is 17.4 Å². The molecule has 0 bridgehead atoms. The molecule has 1 saturated heterocycles. The normalized spacial score (nSPS) is 15.5. The summed E-state index contributed by atoms with van der Waals surface area (Å²) in [5.74, 6) is 0.842. The number of hydrogen-bond acceptors (Lipinski definition) is 6. The maximum Gasteiger partial charge on any atom is 0.285 e. The molecule has 146 valence electrons. The number of thiocarbonyl (C=S) groups is 1. The van der Waals surface area contributed by atoms with Crippen LogP contribution in [0.4, 0.5) is 5.69 Å². The highest BCUT2D eigenvalue weighted by molar-refractivity contribution is 8.27. The SMILES string of the molecule is Cc1ccc(C)n1N1C(=O)C(=Cc2ccc(-c3ccc([N+](=O)[O-])cc3)o2)SC1=S. The smallest absolute Gasteiger partial charge is 0.285 e. The van der Waals surface area contributed by atoms with Crippen LogP contribution in [0.5, 0.6) is 0 Å². The number of thioether (sulfide) groups is 1. The first-order valence-corrected chi connectivity index (χ1v) is 9.85. The lowest BCUT2D eigenvalue weighted by Gasteiger charge is -2.20. The number of aromatic nitrogens is 1. The Labute approximate surface area is 175 Å². The Bertz CT molecular complexity index is 1160. The fourth-order valence-corrected chi connectivity index (χ4v) is 4.29. The molecule has 3 aromatic rings. The van der Waals surface area contributed by atoms with Gasteiger partial charge in [0, 0.05) is 35.2 Å². The van der Waals surface area contributed by atoms with Crippen LogP contribution < -0.4 is 5.01 Å². The summed E-state index contributed by atoms with van der Waals surface area (Å²) in [4.78, 5) is 23.7. The molecule has 0 N–H and O–H groups in total. The third-order valence-electron chi connectivity index (χ3n) is 4.47. The van der Waals surface area contributed by atoms with Crippen molar-refractivity contribution >= 4 is 46.0 Å². The Morgan fingerprint density at radius 1 is 1.07 bits per heavy atom. The molecule has 1 aliphatic heterocycles. The van der Waals surface area contributed by atoms with Gasteiger partial charge in [-0.1, -0.05) is 11.8 Å². The molecule has 1 fully saturated rings. The summed E-state index contributed by atoms with van der Waals surface area (Å²) in [6.07, 6.45) is 1.66. The number of aryl methyl sites for hydroxylation is 2. The van der Waals surface area contributed by atoms with E-state index in [4.69, 9.17) is 16.6 Å². The molecule has 1 amide bonds. The summed E-state index contributed by atoms with van der Waals surface area (Å²) < 4.78 is 8.05. The second kappa shape index (κ2) is 7.34. The quantitative estimate of drug-likeness (QED) is 0.258. The molecule has 29 heavy (non-hydrogen) atoms. The van der Waals surface area contributed by atoms with E-state index in [1.165, 1.54) is 28.9 Å². The van der Waals surface area contributed by atoms with Gasteiger partial charge in [0.05, 0.1) is 9.83 Å². The molecule has 3 heterocycles. The average molecular weight is 425 g/mol. The zero-order valence-corrected chi connectivity index (χ0v) is 17.1. The van der Waals surface area contributed by atoms with Crippen LogP contribution in [0.15, 0.2) is 57.9 Å². The van der Waals surface area contributed by atoms with E-state index >= 15 is 0 Å². The van der Waals surface area contributed by atoms with Crippen molar-refractivity contribution in [2.45, 2.75) is 13.8 Å². The third-order valence-corrected chi connectivity index (χ3v) is 5.75. The zero-order chi connectivity index (χ0) is 20.7. The second-order valence-electron chi connectivity index (χ2n) is 6.43. The largest absolute Gasteiger partial charge is 0.457 e. The molecule has 0 aliphatic carbocycles. The topological polar surface area (TPSA) is 81.5 Å². The number of non-ortho nitro benzene ring substituents is 1. The summed E-state index contributed by atoms with van der Waals surface area (Å²) in [7, 11) is 0. The van der Waals surface area contributed by atoms with E-state index in [0.717, 1.165) is 11.4 Å². The van der Waals surface area contributed by atoms with Gasteiger partial charge in [-0.3, -0.25) is 19.6 Å². The Morgan fingerprint density at radius 3 is 2.34 bits per heavy atom. The van der Waals surface area contributed by atoms with E-state index in [2.05, 4.69) is 0 Å². The van der Waals surface area contributed by atoms with Gasteiger partial charge in [0.1, 0.15) is 11.5 Å². The van der Waals surface area contributed by atoms with Gasteiger partial charge < -0.3 is 4.42 Å². The number of nitro groups is 1. The van der Waals surface area contributed by atoms with Gasteiger partial charge in [-0.25, -0.2) is 0 Å². The number of nitrogens with zero attached hydrogens (tertiary/aromatic N) is 3. The highest BCUT2D eigenvalue weighted by Crippen LogP contribution is 2.34. The molecule has 0 atom stereocenters. The minimum atomic E-state index is -0.451. The van der Waals surface area contributed by atoms with E-state index < -0.39 is 4.92 Å². The van der Waals surface area contributed by atoms with Crippen LogP contribution in [-0.4, -0.2) is 19.8 Å². The van der Waals surface area contributed by atoms with Gasteiger partial charge in [-0.15, -0.1) is 0 Å². The predicted octanol–water partition coefficient (Wildman–Crippen LogP) is 4.81. The number of rotatable bonds is 4. The zero-order valence-electron chi connectivity index (χ0n) is 15.5. The average Bonchev–Trinajstić information content (AvgIpc) is 3.36. The van der Waals surface area contributed by atoms with Crippen LogP contribution in [0.2, 0.25) is 0 Å². The minimum absolute atomic E-state index is 0.0137. The standard InChI is InChI=1S/C20H15N3O4S2/c1-12-3-4-13(2)21(12)22-19(24)18(29-20(22)28)11-16-9-10-17(27-16)14-5-7-15(8-6-14)23(25)26/h3-11H,1-2H3. The molecule has 0 radical (unpaired) electrons. The molecule has 4 rings (SSSR count). The number of carbonyl (C=O) groups excluding carboxylic acids is 1. The Hall–Kier alpha value is -3.17. The van der Waals surface area contributed by atoms with Crippen LogP contribution in [0, 0.1) is 24.0 Å². The molecule has 9 heteroatoms. The lowest BCUT2D eigenvalue weighted by atomic mass is 10.1. The number of nitro benzene ring substituents is 1. The van der Waals surface area contributed by atoms with Crippen LogP contribution in [0.3, 0.4) is 0 Å². The van der Waals surface area contributed by atoms with Crippen LogP contribution in [0.1, 0.15) is 17.1 Å². The van der Waals surface area contributed by atoms with Crippen molar-refractivity contribution in [2.24, 2.45) is 0 Å². The number of hydrogen-bond donors (Lipinski definition) is 0. The van der Waals surface area contributed by atoms with E-state index in [1.807, 2.05) is 26.0 Å². The predicted molar refractivity (Wildman–Crippen MR) is 116 cm³/mol. The lowest BCUT2D eigenvalue weighted by molar-refractivity contribution is -0.384. The van der Waals surface area contributed by atoms with Gasteiger partial charge in [-0.05, 0) is 62.5 Å². The van der Waals surface area contributed by atoms with Crippen LogP contribution in [-0.2, 0) is 4.79 Å². The molecule has 0 spiro atoms. The maximum atomic E-state index is 12.9. The first-order chi connectivity index (χ1) is 13.8. The summed E-state index contributed by atoms with van der Waals surface area (Å²) in [5.41, 5.74) is 2.55. The first-order valence-electron chi connectivity index (χ1n) is 8.63. The molecule has 1 aliphatic rings. The first kappa shape index (κ1) is 19.2. The molecule has 7 nitrogen and oxygen atoms in total. The summed E-state index contributed by atoms with van der Waals surface area (Å²) in [6, 6.07) is 13.5. The van der Waals surface area contributed by atoms with Crippen molar-refractivity contribution in [3.05, 3.63) is 80.7 Å². The fraction of sp³-hybridized carbons (Fsp3) is 0.100. The molecular formula is C20H15N3O4S2. The van der Waals surface area contributed by atoms with E-state index in [0.29, 0.717) is 26.3 Å².